The highest BCUT2D eigenvalue weighted by Gasteiger charge is 2.21. The smallest absolute Gasteiger partial charge is 0.323 e. The fourth-order valence-electron chi connectivity index (χ4n) is 2.24. The number of carboxylic acid groups (broad SMARTS) is 1. The molecule has 0 saturated heterocycles. The first-order chi connectivity index (χ1) is 9.99. The Bertz CT molecular complexity index is 631. The van der Waals surface area contributed by atoms with E-state index in [0.717, 1.165) is 6.07 Å². The van der Waals surface area contributed by atoms with Crippen molar-refractivity contribution in [2.45, 2.75) is 13.0 Å². The normalized spacial score (nSPS) is 11.9. The van der Waals surface area contributed by atoms with Crippen molar-refractivity contribution in [1.29, 1.82) is 0 Å². The zero-order valence-corrected chi connectivity index (χ0v) is 11.5. The number of anilines is 1. The predicted molar refractivity (Wildman–Crippen MR) is 77.9 cm³/mol. The molecule has 0 saturated carbocycles. The molecule has 0 amide bonds. The zero-order valence-electron chi connectivity index (χ0n) is 11.5. The lowest BCUT2D eigenvalue weighted by Crippen LogP contribution is -2.32. The Morgan fingerprint density at radius 3 is 2.52 bits per heavy atom. The molecular formula is C16H16FNO3. The van der Waals surface area contributed by atoms with Crippen LogP contribution in [0.25, 0.3) is 0 Å². The molecule has 0 aliphatic rings. The van der Waals surface area contributed by atoms with Crippen LogP contribution in [0.4, 0.5) is 10.1 Å². The molecule has 0 aromatic heterocycles. The van der Waals surface area contributed by atoms with Gasteiger partial charge in [-0.25, -0.2) is 4.39 Å². The van der Waals surface area contributed by atoms with Crippen molar-refractivity contribution in [3.05, 3.63) is 59.9 Å². The van der Waals surface area contributed by atoms with Gasteiger partial charge in [-0.3, -0.25) is 4.79 Å². The number of aromatic hydroxyl groups is 1. The van der Waals surface area contributed by atoms with Gasteiger partial charge in [-0.05, 0) is 37.3 Å². The van der Waals surface area contributed by atoms with E-state index >= 15 is 0 Å². The van der Waals surface area contributed by atoms with Crippen LogP contribution in [0, 0.1) is 5.82 Å². The Balaban J connectivity index is 2.40. The Hall–Kier alpha value is -2.56. The first kappa shape index (κ1) is 14.8. The summed E-state index contributed by atoms with van der Waals surface area (Å²) in [6.07, 6.45) is 0. The molecule has 0 aliphatic heterocycles. The molecule has 0 radical (unpaired) electrons. The lowest BCUT2D eigenvalue weighted by molar-refractivity contribution is -0.135. The Morgan fingerprint density at radius 2 is 1.90 bits per heavy atom. The Kier molecular flexibility index (Phi) is 4.42. The maximum Gasteiger partial charge on any atom is 0.323 e. The van der Waals surface area contributed by atoms with Crippen molar-refractivity contribution in [3.63, 3.8) is 0 Å². The Labute approximate surface area is 122 Å². The topological polar surface area (TPSA) is 60.8 Å². The van der Waals surface area contributed by atoms with Gasteiger partial charge in [0.2, 0.25) is 0 Å². The van der Waals surface area contributed by atoms with Gasteiger partial charge in [0.25, 0.3) is 0 Å². The summed E-state index contributed by atoms with van der Waals surface area (Å²) in [6, 6.07) is 12.1. The van der Waals surface area contributed by atoms with Gasteiger partial charge >= 0.3 is 5.97 Å². The molecule has 0 heterocycles. The molecule has 5 heteroatoms. The molecule has 0 spiro atoms. The van der Waals surface area contributed by atoms with Crippen LogP contribution < -0.4 is 4.90 Å². The van der Waals surface area contributed by atoms with Gasteiger partial charge in [0.15, 0.2) is 0 Å². The van der Waals surface area contributed by atoms with Crippen LogP contribution in [0.3, 0.4) is 0 Å². The maximum absolute atomic E-state index is 13.4. The number of hydrogen-bond acceptors (Lipinski definition) is 3. The van der Waals surface area contributed by atoms with Crippen molar-refractivity contribution >= 4 is 11.7 Å². The standard InChI is InChI=1S/C16H16FNO3/c1-11(14-9-12(17)7-8-15(14)19)18(10-16(20)21)13-5-3-2-4-6-13/h2-9,11,19H,10H2,1H3,(H,20,21). The van der Waals surface area contributed by atoms with Crippen LogP contribution in [-0.4, -0.2) is 22.7 Å². The average molecular weight is 289 g/mol. The van der Waals surface area contributed by atoms with Crippen LogP contribution in [0.1, 0.15) is 18.5 Å². The van der Waals surface area contributed by atoms with Gasteiger partial charge in [0, 0.05) is 11.3 Å². The molecule has 110 valence electrons. The number of carbonyl (C=O) groups is 1. The molecule has 21 heavy (non-hydrogen) atoms. The minimum Gasteiger partial charge on any atom is -0.508 e. The van der Waals surface area contributed by atoms with Crippen molar-refractivity contribution < 1.29 is 19.4 Å². The van der Waals surface area contributed by atoms with Crippen LogP contribution in [0.5, 0.6) is 5.75 Å². The van der Waals surface area contributed by atoms with E-state index in [1.807, 2.05) is 6.07 Å². The van der Waals surface area contributed by atoms with Crippen molar-refractivity contribution in [1.82, 2.24) is 0 Å². The number of aliphatic carboxylic acids is 1. The van der Waals surface area contributed by atoms with Crippen LogP contribution in [0.15, 0.2) is 48.5 Å². The number of hydrogen-bond donors (Lipinski definition) is 2. The number of rotatable bonds is 5. The van der Waals surface area contributed by atoms with Crippen molar-refractivity contribution in [2.24, 2.45) is 0 Å². The number of para-hydroxylation sites is 1. The third kappa shape index (κ3) is 3.51. The highest BCUT2D eigenvalue weighted by molar-refractivity contribution is 5.74. The minimum absolute atomic E-state index is 0.0600. The van der Waals surface area contributed by atoms with E-state index in [-0.39, 0.29) is 12.3 Å². The second kappa shape index (κ2) is 6.26. The zero-order chi connectivity index (χ0) is 15.4. The van der Waals surface area contributed by atoms with Crippen molar-refractivity contribution in [3.8, 4) is 5.75 Å². The largest absolute Gasteiger partial charge is 0.508 e. The summed E-state index contributed by atoms with van der Waals surface area (Å²) in [6.45, 7) is 1.48. The quantitative estimate of drug-likeness (QED) is 0.887. The van der Waals surface area contributed by atoms with Gasteiger partial charge in [-0.15, -0.1) is 0 Å². The minimum atomic E-state index is -0.999. The highest BCUT2D eigenvalue weighted by atomic mass is 19.1. The monoisotopic (exact) mass is 289 g/mol. The summed E-state index contributed by atoms with van der Waals surface area (Å²) in [5, 5.41) is 19.0. The summed E-state index contributed by atoms with van der Waals surface area (Å²) in [4.78, 5) is 12.7. The molecule has 1 atom stereocenters. The van der Waals surface area contributed by atoms with Crippen LogP contribution in [-0.2, 0) is 4.79 Å². The molecule has 2 rings (SSSR count). The number of phenolic OH excluding ortho intramolecular Hbond substituents is 1. The SMILES string of the molecule is CC(c1cc(F)ccc1O)N(CC(=O)O)c1ccccc1. The summed E-state index contributed by atoms with van der Waals surface area (Å²) in [5.74, 6) is -1.53. The highest BCUT2D eigenvalue weighted by Crippen LogP contribution is 2.32. The van der Waals surface area contributed by atoms with E-state index in [0.29, 0.717) is 11.3 Å². The number of carboxylic acids is 1. The van der Waals surface area contributed by atoms with E-state index in [1.54, 1.807) is 36.1 Å². The second-order valence-electron chi connectivity index (χ2n) is 4.74. The summed E-state index contributed by atoms with van der Waals surface area (Å²) in [5.41, 5.74) is 1.04. The molecular weight excluding hydrogens is 273 g/mol. The first-order valence-corrected chi connectivity index (χ1v) is 6.51. The maximum atomic E-state index is 13.4. The number of nitrogens with zero attached hydrogens (tertiary/aromatic N) is 1. The third-order valence-corrected chi connectivity index (χ3v) is 3.30. The fourth-order valence-corrected chi connectivity index (χ4v) is 2.24. The second-order valence-corrected chi connectivity index (χ2v) is 4.74. The summed E-state index contributed by atoms with van der Waals surface area (Å²) < 4.78 is 13.4. The molecule has 0 fully saturated rings. The summed E-state index contributed by atoms with van der Waals surface area (Å²) in [7, 11) is 0. The number of phenols is 1. The lowest BCUT2D eigenvalue weighted by atomic mass is 10.0. The van der Waals surface area contributed by atoms with Crippen molar-refractivity contribution in [2.75, 3.05) is 11.4 Å². The van der Waals surface area contributed by atoms with Gasteiger partial charge in [0.05, 0.1) is 6.04 Å². The molecule has 2 aromatic rings. The molecule has 0 bridgehead atoms. The van der Waals surface area contributed by atoms with Gasteiger partial charge < -0.3 is 15.1 Å². The van der Waals surface area contributed by atoms with Crippen LogP contribution >= 0.6 is 0 Å². The van der Waals surface area contributed by atoms with Crippen LogP contribution in [0.2, 0.25) is 0 Å². The third-order valence-electron chi connectivity index (χ3n) is 3.30. The van der Waals surface area contributed by atoms with E-state index < -0.39 is 17.8 Å². The molecule has 0 aliphatic carbocycles. The lowest BCUT2D eigenvalue weighted by Gasteiger charge is -2.30. The molecule has 1 unspecified atom stereocenters. The van der Waals surface area contributed by atoms with Gasteiger partial charge in [-0.2, -0.15) is 0 Å². The van der Waals surface area contributed by atoms with E-state index in [2.05, 4.69) is 0 Å². The molecule has 2 aromatic carbocycles. The van der Waals surface area contributed by atoms with E-state index in [4.69, 9.17) is 5.11 Å². The Morgan fingerprint density at radius 1 is 1.24 bits per heavy atom. The first-order valence-electron chi connectivity index (χ1n) is 6.51. The average Bonchev–Trinajstić information content (AvgIpc) is 2.47. The van der Waals surface area contributed by atoms with E-state index in [1.165, 1.54) is 12.1 Å². The van der Waals surface area contributed by atoms with E-state index in [9.17, 15) is 14.3 Å². The predicted octanol–water partition coefficient (Wildman–Crippen LogP) is 3.18. The van der Waals surface area contributed by atoms with Gasteiger partial charge in [0.1, 0.15) is 18.1 Å². The molecule has 4 nitrogen and oxygen atoms in total. The summed E-state index contributed by atoms with van der Waals surface area (Å²) >= 11 is 0. The van der Waals surface area contributed by atoms with Gasteiger partial charge in [-0.1, -0.05) is 18.2 Å². The number of benzene rings is 2. The molecule has 2 N–H and O–H groups in total. The number of halogens is 1. The fraction of sp³-hybridized carbons (Fsp3) is 0.188.